The molecule has 0 spiro atoms. The smallest absolute Gasteiger partial charge is 0.172 e. The maximum Gasteiger partial charge on any atom is 0.172 e. The van der Waals surface area contributed by atoms with Crippen LogP contribution in [0.2, 0.25) is 10.0 Å². The Hall–Kier alpha value is -1.10. The molecule has 102 valence electrons. The maximum atomic E-state index is 13.5. The molecule has 6 heteroatoms. The second kappa shape index (κ2) is 5.90. The SMILES string of the molecule is CC(C)NCc1cnoc1-c1cc(F)c(Cl)cc1Cl. The summed E-state index contributed by atoms with van der Waals surface area (Å²) in [6.45, 7) is 4.63. The summed E-state index contributed by atoms with van der Waals surface area (Å²) in [5.74, 6) is -0.0889. The molecule has 0 aliphatic rings. The van der Waals surface area contributed by atoms with E-state index >= 15 is 0 Å². The fourth-order valence-corrected chi connectivity index (χ4v) is 2.09. The molecule has 2 aromatic rings. The molecule has 0 atom stereocenters. The molecule has 0 bridgehead atoms. The molecule has 1 aromatic carbocycles. The summed E-state index contributed by atoms with van der Waals surface area (Å²) in [6.07, 6.45) is 1.59. The lowest BCUT2D eigenvalue weighted by Gasteiger charge is -2.08. The van der Waals surface area contributed by atoms with Gasteiger partial charge < -0.3 is 9.84 Å². The summed E-state index contributed by atoms with van der Waals surface area (Å²) < 4.78 is 18.7. The van der Waals surface area contributed by atoms with Crippen LogP contribution in [0.15, 0.2) is 22.9 Å². The second-order valence-corrected chi connectivity index (χ2v) is 5.28. The first-order valence-electron chi connectivity index (χ1n) is 5.81. The van der Waals surface area contributed by atoms with Crippen LogP contribution in [0.5, 0.6) is 0 Å². The third-order valence-electron chi connectivity index (χ3n) is 2.60. The standard InChI is InChI=1S/C13H13Cl2FN2O/c1-7(2)17-5-8-6-18-19-13(8)9-3-12(16)11(15)4-10(9)14/h3-4,6-7,17H,5H2,1-2H3. The van der Waals surface area contributed by atoms with Crippen molar-refractivity contribution in [2.75, 3.05) is 0 Å². The fourth-order valence-electron chi connectivity index (χ4n) is 1.62. The van der Waals surface area contributed by atoms with Crippen LogP contribution in [0.25, 0.3) is 11.3 Å². The molecule has 0 amide bonds. The number of nitrogens with one attached hydrogen (secondary N) is 1. The van der Waals surface area contributed by atoms with Crippen molar-refractivity contribution >= 4 is 23.2 Å². The summed E-state index contributed by atoms with van der Waals surface area (Å²) >= 11 is 11.7. The highest BCUT2D eigenvalue weighted by molar-refractivity contribution is 6.36. The molecule has 0 unspecified atom stereocenters. The molecule has 0 aliphatic carbocycles. The lowest BCUT2D eigenvalue weighted by molar-refractivity contribution is 0.431. The van der Waals surface area contributed by atoms with E-state index in [4.69, 9.17) is 27.7 Å². The van der Waals surface area contributed by atoms with Crippen molar-refractivity contribution in [1.29, 1.82) is 0 Å². The maximum absolute atomic E-state index is 13.5. The highest BCUT2D eigenvalue weighted by atomic mass is 35.5. The Balaban J connectivity index is 2.37. The second-order valence-electron chi connectivity index (χ2n) is 4.46. The van der Waals surface area contributed by atoms with Crippen molar-refractivity contribution in [3.8, 4) is 11.3 Å². The number of halogens is 3. The Labute approximate surface area is 120 Å². The van der Waals surface area contributed by atoms with Crippen LogP contribution in [0.1, 0.15) is 19.4 Å². The van der Waals surface area contributed by atoms with Gasteiger partial charge in [-0.25, -0.2) is 4.39 Å². The van der Waals surface area contributed by atoms with E-state index < -0.39 is 5.82 Å². The van der Waals surface area contributed by atoms with Crippen molar-refractivity contribution in [3.05, 3.63) is 39.8 Å². The predicted molar refractivity (Wildman–Crippen MR) is 73.9 cm³/mol. The Kier molecular flexibility index (Phi) is 4.45. The van der Waals surface area contributed by atoms with Gasteiger partial charge >= 0.3 is 0 Å². The van der Waals surface area contributed by atoms with Crippen LogP contribution in [0.3, 0.4) is 0 Å². The van der Waals surface area contributed by atoms with E-state index in [0.29, 0.717) is 28.9 Å². The third kappa shape index (κ3) is 3.26. The van der Waals surface area contributed by atoms with Crippen molar-refractivity contribution in [2.45, 2.75) is 26.4 Å². The summed E-state index contributed by atoms with van der Waals surface area (Å²) in [7, 11) is 0. The van der Waals surface area contributed by atoms with Crippen LogP contribution in [0.4, 0.5) is 4.39 Å². The van der Waals surface area contributed by atoms with E-state index in [1.54, 1.807) is 6.20 Å². The number of benzene rings is 1. The molecular formula is C13H13Cl2FN2O. The average molecular weight is 303 g/mol. The summed E-state index contributed by atoms with van der Waals surface area (Å²) in [6, 6.07) is 2.93. The minimum atomic E-state index is -0.541. The zero-order valence-corrected chi connectivity index (χ0v) is 12.0. The largest absolute Gasteiger partial charge is 0.356 e. The molecule has 1 aromatic heterocycles. The van der Waals surface area contributed by atoms with E-state index in [1.807, 2.05) is 13.8 Å². The van der Waals surface area contributed by atoms with E-state index in [1.165, 1.54) is 12.1 Å². The first-order valence-corrected chi connectivity index (χ1v) is 6.56. The van der Waals surface area contributed by atoms with Gasteiger partial charge in [0.2, 0.25) is 0 Å². The zero-order chi connectivity index (χ0) is 14.0. The fraction of sp³-hybridized carbons (Fsp3) is 0.308. The summed E-state index contributed by atoms with van der Waals surface area (Å²) in [5.41, 5.74) is 1.26. The van der Waals surface area contributed by atoms with E-state index in [-0.39, 0.29) is 5.02 Å². The first kappa shape index (κ1) is 14.3. The first-order chi connectivity index (χ1) is 8.99. The Morgan fingerprint density at radius 3 is 2.74 bits per heavy atom. The van der Waals surface area contributed by atoms with Crippen molar-refractivity contribution in [1.82, 2.24) is 10.5 Å². The third-order valence-corrected chi connectivity index (χ3v) is 3.20. The van der Waals surface area contributed by atoms with E-state index in [9.17, 15) is 4.39 Å². The van der Waals surface area contributed by atoms with Gasteiger partial charge in [-0.2, -0.15) is 0 Å². The molecule has 0 radical (unpaired) electrons. The van der Waals surface area contributed by atoms with Crippen LogP contribution in [-0.2, 0) is 6.54 Å². The van der Waals surface area contributed by atoms with Crippen LogP contribution in [0, 0.1) is 5.82 Å². The zero-order valence-electron chi connectivity index (χ0n) is 10.5. The number of aromatic nitrogens is 1. The Bertz CT molecular complexity index is 584. The van der Waals surface area contributed by atoms with E-state index in [2.05, 4.69) is 10.5 Å². The Morgan fingerprint density at radius 1 is 1.32 bits per heavy atom. The lowest BCUT2D eigenvalue weighted by Crippen LogP contribution is -2.21. The highest BCUT2D eigenvalue weighted by Gasteiger charge is 2.16. The van der Waals surface area contributed by atoms with Gasteiger partial charge in [-0.3, -0.25) is 0 Å². The van der Waals surface area contributed by atoms with Gasteiger partial charge in [-0.05, 0) is 12.1 Å². The molecule has 0 fully saturated rings. The number of hydrogen-bond acceptors (Lipinski definition) is 3. The molecule has 1 heterocycles. The van der Waals surface area contributed by atoms with Gasteiger partial charge in [-0.15, -0.1) is 0 Å². The minimum Gasteiger partial charge on any atom is -0.356 e. The molecule has 2 rings (SSSR count). The van der Waals surface area contributed by atoms with Gasteiger partial charge in [-0.1, -0.05) is 42.2 Å². The lowest BCUT2D eigenvalue weighted by atomic mass is 10.1. The average Bonchev–Trinajstić information content (AvgIpc) is 2.79. The van der Waals surface area contributed by atoms with E-state index in [0.717, 1.165) is 5.56 Å². The van der Waals surface area contributed by atoms with Crippen LogP contribution in [-0.4, -0.2) is 11.2 Å². The van der Waals surface area contributed by atoms with Crippen LogP contribution >= 0.6 is 23.2 Å². The molecule has 1 N–H and O–H groups in total. The van der Waals surface area contributed by atoms with Crippen molar-refractivity contribution < 1.29 is 8.91 Å². The van der Waals surface area contributed by atoms with Gasteiger partial charge in [0.1, 0.15) is 5.82 Å². The molecule has 0 saturated heterocycles. The molecule has 0 aliphatic heterocycles. The van der Waals surface area contributed by atoms with Crippen molar-refractivity contribution in [2.24, 2.45) is 0 Å². The van der Waals surface area contributed by atoms with Gasteiger partial charge in [0.15, 0.2) is 5.76 Å². The van der Waals surface area contributed by atoms with Crippen LogP contribution < -0.4 is 5.32 Å². The van der Waals surface area contributed by atoms with Gasteiger partial charge in [0.25, 0.3) is 0 Å². The van der Waals surface area contributed by atoms with Crippen molar-refractivity contribution in [3.63, 3.8) is 0 Å². The number of rotatable bonds is 4. The molecule has 0 saturated carbocycles. The number of nitrogens with zero attached hydrogens (tertiary/aromatic N) is 1. The normalized spacial score (nSPS) is 11.3. The number of hydrogen-bond donors (Lipinski definition) is 1. The predicted octanol–water partition coefficient (Wildman–Crippen LogP) is 4.29. The Morgan fingerprint density at radius 2 is 2.05 bits per heavy atom. The molecular weight excluding hydrogens is 290 g/mol. The summed E-state index contributed by atoms with van der Waals surface area (Å²) in [4.78, 5) is 0. The monoisotopic (exact) mass is 302 g/mol. The van der Waals surface area contributed by atoms with Gasteiger partial charge in [0.05, 0.1) is 16.2 Å². The highest BCUT2D eigenvalue weighted by Crippen LogP contribution is 2.34. The summed E-state index contributed by atoms with van der Waals surface area (Å²) in [5, 5.41) is 7.29. The molecule has 3 nitrogen and oxygen atoms in total. The minimum absolute atomic E-state index is 0.0184. The molecule has 19 heavy (non-hydrogen) atoms. The quantitative estimate of drug-likeness (QED) is 0.856. The topological polar surface area (TPSA) is 38.1 Å². The van der Waals surface area contributed by atoms with Gasteiger partial charge in [0, 0.05) is 23.7 Å².